The summed E-state index contributed by atoms with van der Waals surface area (Å²) in [6.07, 6.45) is 1.30. The lowest BCUT2D eigenvalue weighted by Gasteiger charge is -2.13. The number of nitrogens with one attached hydrogen (secondary N) is 2. The van der Waals surface area contributed by atoms with Crippen LogP contribution in [0.3, 0.4) is 0 Å². The highest BCUT2D eigenvalue weighted by Crippen LogP contribution is 2.23. The van der Waals surface area contributed by atoms with Crippen molar-refractivity contribution in [2.75, 3.05) is 5.73 Å². The van der Waals surface area contributed by atoms with Crippen LogP contribution in [0.15, 0.2) is 29.4 Å². The molecule has 19 heavy (non-hydrogen) atoms. The van der Waals surface area contributed by atoms with E-state index in [0.717, 1.165) is 0 Å². The molecule has 0 radical (unpaired) electrons. The number of halogens is 1. The van der Waals surface area contributed by atoms with Crippen LogP contribution in [0.25, 0.3) is 0 Å². The number of sulfonamides is 1. The molecular formula is C10H12ClN5O2S. The number of nitrogen functional groups attached to an aromatic ring is 1. The molecule has 1 unspecified atom stereocenters. The van der Waals surface area contributed by atoms with Gasteiger partial charge < -0.3 is 5.73 Å². The van der Waals surface area contributed by atoms with Crippen molar-refractivity contribution in [2.24, 2.45) is 0 Å². The number of aromatic amines is 1. The SMILES string of the molecule is CC(NS(=O)(=O)c1cc(Cl)ccc1N)c1ncn[nH]1. The number of rotatable bonds is 4. The van der Waals surface area contributed by atoms with Gasteiger partial charge in [-0.15, -0.1) is 0 Å². The number of H-pyrrole nitrogens is 1. The maximum Gasteiger partial charge on any atom is 0.243 e. The minimum Gasteiger partial charge on any atom is -0.398 e. The Morgan fingerprint density at radius 2 is 2.21 bits per heavy atom. The van der Waals surface area contributed by atoms with Crippen molar-refractivity contribution in [1.29, 1.82) is 0 Å². The summed E-state index contributed by atoms with van der Waals surface area (Å²) in [5.41, 5.74) is 5.78. The van der Waals surface area contributed by atoms with E-state index in [1.807, 2.05) is 0 Å². The summed E-state index contributed by atoms with van der Waals surface area (Å²) in [7, 11) is -3.79. The molecule has 102 valence electrons. The van der Waals surface area contributed by atoms with E-state index >= 15 is 0 Å². The molecule has 0 aliphatic heterocycles. The first-order chi connectivity index (χ1) is 8.90. The number of hydrogen-bond acceptors (Lipinski definition) is 5. The summed E-state index contributed by atoms with van der Waals surface area (Å²) in [4.78, 5) is 3.82. The molecule has 0 spiro atoms. The summed E-state index contributed by atoms with van der Waals surface area (Å²) >= 11 is 5.78. The average molecular weight is 302 g/mol. The van der Waals surface area contributed by atoms with Gasteiger partial charge in [-0.1, -0.05) is 11.6 Å². The summed E-state index contributed by atoms with van der Waals surface area (Å²) in [6.45, 7) is 1.64. The predicted octanol–water partition coefficient (Wildman–Crippen LogP) is 1.08. The molecule has 1 aromatic carbocycles. The molecule has 2 aromatic rings. The number of aromatic nitrogens is 3. The summed E-state index contributed by atoms with van der Waals surface area (Å²) in [5.74, 6) is 0.407. The number of nitrogens with zero attached hydrogens (tertiary/aromatic N) is 2. The van der Waals surface area contributed by atoms with Crippen molar-refractivity contribution in [1.82, 2.24) is 19.9 Å². The fourth-order valence-electron chi connectivity index (χ4n) is 1.52. The number of anilines is 1. The van der Waals surface area contributed by atoms with Crippen LogP contribution in [-0.4, -0.2) is 23.6 Å². The minimum atomic E-state index is -3.79. The van der Waals surface area contributed by atoms with Crippen molar-refractivity contribution >= 4 is 27.3 Å². The van der Waals surface area contributed by atoms with E-state index < -0.39 is 16.1 Å². The van der Waals surface area contributed by atoms with E-state index in [9.17, 15) is 8.42 Å². The van der Waals surface area contributed by atoms with Gasteiger partial charge >= 0.3 is 0 Å². The molecular weight excluding hydrogens is 290 g/mol. The van der Waals surface area contributed by atoms with E-state index in [4.69, 9.17) is 17.3 Å². The van der Waals surface area contributed by atoms with Gasteiger partial charge in [0.1, 0.15) is 17.0 Å². The number of nitrogens with two attached hydrogens (primary N) is 1. The highest BCUT2D eigenvalue weighted by atomic mass is 35.5. The maximum atomic E-state index is 12.2. The van der Waals surface area contributed by atoms with Crippen LogP contribution in [0.5, 0.6) is 0 Å². The lowest BCUT2D eigenvalue weighted by atomic mass is 10.3. The molecule has 0 saturated heterocycles. The molecule has 7 nitrogen and oxygen atoms in total. The minimum absolute atomic E-state index is 0.0636. The van der Waals surface area contributed by atoms with Gasteiger partial charge in [0.15, 0.2) is 0 Å². The Morgan fingerprint density at radius 3 is 2.84 bits per heavy atom. The molecule has 0 aliphatic carbocycles. The Bertz CT molecular complexity index is 671. The Hall–Kier alpha value is -1.64. The first-order valence-corrected chi connectivity index (χ1v) is 7.19. The second-order valence-corrected chi connectivity index (χ2v) is 6.01. The van der Waals surface area contributed by atoms with E-state index in [1.54, 1.807) is 6.92 Å². The molecule has 9 heteroatoms. The third-order valence-corrected chi connectivity index (χ3v) is 4.27. The van der Waals surface area contributed by atoms with Gasteiger partial charge in [0.05, 0.1) is 11.7 Å². The average Bonchev–Trinajstić information content (AvgIpc) is 2.85. The van der Waals surface area contributed by atoms with Gasteiger partial charge in [0, 0.05) is 5.02 Å². The lowest BCUT2D eigenvalue weighted by molar-refractivity contribution is 0.560. The third kappa shape index (κ3) is 3.03. The maximum absolute atomic E-state index is 12.2. The molecule has 1 aromatic heterocycles. The summed E-state index contributed by atoms with van der Waals surface area (Å²) in [5, 5.41) is 6.55. The van der Waals surface area contributed by atoms with Crippen LogP contribution in [0, 0.1) is 0 Å². The van der Waals surface area contributed by atoms with Crippen molar-refractivity contribution in [3.8, 4) is 0 Å². The van der Waals surface area contributed by atoms with Gasteiger partial charge in [-0.05, 0) is 25.1 Å². The molecule has 0 bridgehead atoms. The largest absolute Gasteiger partial charge is 0.398 e. The molecule has 2 rings (SSSR count). The fraction of sp³-hybridized carbons (Fsp3) is 0.200. The third-order valence-electron chi connectivity index (χ3n) is 2.44. The van der Waals surface area contributed by atoms with Crippen LogP contribution in [-0.2, 0) is 10.0 Å². The van der Waals surface area contributed by atoms with Crippen LogP contribution >= 0.6 is 11.6 Å². The van der Waals surface area contributed by atoms with Gasteiger partial charge in [-0.25, -0.2) is 18.1 Å². The normalized spacial score (nSPS) is 13.4. The van der Waals surface area contributed by atoms with Crippen LogP contribution in [0.2, 0.25) is 5.02 Å². The molecule has 0 amide bonds. The van der Waals surface area contributed by atoms with E-state index in [2.05, 4.69) is 19.9 Å². The number of hydrogen-bond donors (Lipinski definition) is 3. The van der Waals surface area contributed by atoms with Gasteiger partial charge in [0.25, 0.3) is 0 Å². The smallest absolute Gasteiger partial charge is 0.243 e. The van der Waals surface area contributed by atoms with Gasteiger partial charge in [-0.2, -0.15) is 5.10 Å². The second kappa shape index (κ2) is 5.16. The summed E-state index contributed by atoms with van der Waals surface area (Å²) < 4.78 is 26.8. The monoisotopic (exact) mass is 301 g/mol. The lowest BCUT2D eigenvalue weighted by Crippen LogP contribution is -2.28. The van der Waals surface area contributed by atoms with E-state index in [-0.39, 0.29) is 10.6 Å². The predicted molar refractivity (Wildman–Crippen MR) is 71.0 cm³/mol. The second-order valence-electron chi connectivity index (χ2n) is 3.90. The van der Waals surface area contributed by atoms with Crippen LogP contribution in [0.1, 0.15) is 18.8 Å². The van der Waals surface area contributed by atoms with Crippen LogP contribution in [0.4, 0.5) is 5.69 Å². The highest BCUT2D eigenvalue weighted by molar-refractivity contribution is 7.89. The first kappa shape index (κ1) is 13.8. The Kier molecular flexibility index (Phi) is 3.74. The van der Waals surface area contributed by atoms with Crippen molar-refractivity contribution < 1.29 is 8.42 Å². The van der Waals surface area contributed by atoms with Crippen molar-refractivity contribution in [2.45, 2.75) is 17.9 Å². The zero-order chi connectivity index (χ0) is 14.0. The Balaban J connectivity index is 2.30. The standard InChI is InChI=1S/C10H12ClN5O2S/c1-6(10-13-5-14-15-10)16-19(17,18)9-4-7(11)2-3-8(9)12/h2-6,16H,12H2,1H3,(H,13,14,15). The van der Waals surface area contributed by atoms with Gasteiger partial charge in [-0.3, -0.25) is 5.10 Å². The summed E-state index contributed by atoms with van der Waals surface area (Å²) in [6, 6.07) is 3.70. The van der Waals surface area contributed by atoms with E-state index in [1.165, 1.54) is 24.5 Å². The molecule has 0 fully saturated rings. The Labute approximate surface area is 115 Å². The molecule has 0 saturated carbocycles. The van der Waals surface area contributed by atoms with E-state index in [0.29, 0.717) is 10.8 Å². The topological polar surface area (TPSA) is 114 Å². The van der Waals surface area contributed by atoms with Gasteiger partial charge in [0.2, 0.25) is 10.0 Å². The highest BCUT2D eigenvalue weighted by Gasteiger charge is 2.22. The zero-order valence-corrected chi connectivity index (χ0v) is 11.5. The molecule has 1 atom stereocenters. The fourth-order valence-corrected chi connectivity index (χ4v) is 3.12. The number of benzene rings is 1. The zero-order valence-electron chi connectivity index (χ0n) is 9.96. The first-order valence-electron chi connectivity index (χ1n) is 5.33. The molecule has 0 aliphatic rings. The van der Waals surface area contributed by atoms with Crippen LogP contribution < -0.4 is 10.5 Å². The van der Waals surface area contributed by atoms with Crippen molar-refractivity contribution in [3.05, 3.63) is 35.4 Å². The van der Waals surface area contributed by atoms with Crippen molar-refractivity contribution in [3.63, 3.8) is 0 Å². The quantitative estimate of drug-likeness (QED) is 0.731. The molecule has 1 heterocycles. The Morgan fingerprint density at radius 1 is 1.47 bits per heavy atom. The molecule has 4 N–H and O–H groups in total.